The van der Waals surface area contributed by atoms with Crippen LogP contribution in [0.25, 0.3) is 0 Å². The van der Waals surface area contributed by atoms with Gasteiger partial charge in [-0.15, -0.1) is 19.0 Å². The molecule has 11 nitrogen and oxygen atoms in total. The largest absolute Gasteiger partial charge is 0.439 e. The van der Waals surface area contributed by atoms with Gasteiger partial charge in [0.25, 0.3) is 5.91 Å². The second-order valence-corrected chi connectivity index (χ2v) is 10.6. The van der Waals surface area contributed by atoms with E-state index in [-0.39, 0.29) is 53.8 Å². The number of carbonyl (C=O) groups is 4. The summed E-state index contributed by atoms with van der Waals surface area (Å²) in [5.74, 6) is -2.14. The van der Waals surface area contributed by atoms with Gasteiger partial charge in [-0.25, -0.2) is 4.79 Å². The molecule has 12 heteroatoms. The maximum Gasteiger partial charge on any atom is 0.405 e. The fourth-order valence-electron chi connectivity index (χ4n) is 4.95. The molecular weight excluding hydrogens is 578 g/mol. The van der Waals surface area contributed by atoms with E-state index >= 15 is 0 Å². The molecule has 0 spiro atoms. The first kappa shape index (κ1) is 37.5. The van der Waals surface area contributed by atoms with Gasteiger partial charge in [0.2, 0.25) is 11.6 Å². The molecule has 2 rings (SSSR count). The quantitative estimate of drug-likeness (QED) is 0.258. The van der Waals surface area contributed by atoms with Crippen molar-refractivity contribution in [1.82, 2.24) is 10.6 Å². The standard InChI is InChI=1S/C31H43N3O8.ClH/c1-8-12-33-26-21-13-17(2)14-25(41-7)27(36)19(4)15-20(5)29(42-31(32)39)24(40-6)11-9-10-18(3)30(38)34-22(28(21)37)16-23(26)35;/h8-11,15-17,19,24-25,27,29,33,36H,1,12-14H2,2-7H3,(H2,32,39)(H,34,38);1H/b11-9-,18-10-,20-15-;/t17-,19+,24+,25+,27-,29+;/m1./s1. The molecule has 1 aliphatic carbocycles. The van der Waals surface area contributed by atoms with Crippen molar-refractivity contribution in [3.05, 3.63) is 71.1 Å². The number of Topliss-reactive ketones (excluding diaryl/α,β-unsaturated/α-hetero) is 1. The second kappa shape index (κ2) is 17.6. The highest BCUT2D eigenvalue weighted by Crippen LogP contribution is 2.28. The monoisotopic (exact) mass is 621 g/mol. The lowest BCUT2D eigenvalue weighted by atomic mass is 9.85. The average Bonchev–Trinajstić information content (AvgIpc) is 2.94. The average molecular weight is 622 g/mol. The summed E-state index contributed by atoms with van der Waals surface area (Å²) in [5, 5.41) is 16.7. The molecule has 0 unspecified atom stereocenters. The lowest BCUT2D eigenvalue weighted by molar-refractivity contribution is -0.120. The van der Waals surface area contributed by atoms with Crippen molar-refractivity contribution in [3.8, 4) is 0 Å². The Bertz CT molecular complexity index is 1220. The van der Waals surface area contributed by atoms with Crippen LogP contribution >= 0.6 is 12.4 Å². The fraction of sp³-hybridized carbons (Fsp3) is 0.484. The Hall–Kier alpha value is -3.51. The fourth-order valence-corrected chi connectivity index (χ4v) is 4.95. The molecule has 0 saturated carbocycles. The predicted molar refractivity (Wildman–Crippen MR) is 165 cm³/mol. The van der Waals surface area contributed by atoms with Crippen LogP contribution in [-0.2, 0) is 28.6 Å². The highest BCUT2D eigenvalue weighted by atomic mass is 35.5. The first-order chi connectivity index (χ1) is 19.8. The van der Waals surface area contributed by atoms with Crippen molar-refractivity contribution < 1.29 is 38.5 Å². The molecule has 0 radical (unpaired) electrons. The lowest BCUT2D eigenvalue weighted by Crippen LogP contribution is -2.37. The normalized spacial score (nSPS) is 30.9. The minimum Gasteiger partial charge on any atom is -0.439 e. The molecule has 5 N–H and O–H groups in total. The number of primary amides is 1. The van der Waals surface area contributed by atoms with Crippen molar-refractivity contribution in [3.63, 3.8) is 0 Å². The van der Waals surface area contributed by atoms with Crippen LogP contribution in [0.2, 0.25) is 0 Å². The van der Waals surface area contributed by atoms with Gasteiger partial charge in [0.05, 0.1) is 23.6 Å². The van der Waals surface area contributed by atoms with Gasteiger partial charge in [0, 0.05) is 43.9 Å². The van der Waals surface area contributed by atoms with Gasteiger partial charge in [0.1, 0.15) is 6.10 Å². The second-order valence-electron chi connectivity index (χ2n) is 10.6. The summed E-state index contributed by atoms with van der Waals surface area (Å²) in [6.07, 6.45) is 5.34. The summed E-state index contributed by atoms with van der Waals surface area (Å²) in [6, 6.07) is 0. The van der Waals surface area contributed by atoms with Gasteiger partial charge < -0.3 is 35.7 Å². The summed E-state index contributed by atoms with van der Waals surface area (Å²) >= 11 is 0. The number of nitrogens with one attached hydrogen (secondary N) is 2. The van der Waals surface area contributed by atoms with E-state index in [9.17, 15) is 24.3 Å². The van der Waals surface area contributed by atoms with Crippen molar-refractivity contribution in [2.45, 2.75) is 65.0 Å². The number of ether oxygens (including phenoxy) is 3. The number of hydrogen-bond donors (Lipinski definition) is 4. The maximum absolute atomic E-state index is 13.5. The van der Waals surface area contributed by atoms with E-state index in [1.807, 2.05) is 6.92 Å². The highest BCUT2D eigenvalue weighted by Gasteiger charge is 2.33. The van der Waals surface area contributed by atoms with E-state index in [2.05, 4.69) is 17.2 Å². The molecule has 0 aromatic carbocycles. The van der Waals surface area contributed by atoms with Crippen molar-refractivity contribution >= 4 is 36.0 Å². The van der Waals surface area contributed by atoms with Gasteiger partial charge in [-0.3, -0.25) is 14.4 Å². The number of aliphatic hydroxyl groups excluding tert-OH is 1. The van der Waals surface area contributed by atoms with E-state index < -0.39 is 53.9 Å². The van der Waals surface area contributed by atoms with Crippen molar-refractivity contribution in [2.24, 2.45) is 17.6 Å². The third kappa shape index (κ3) is 10.3. The number of aliphatic hydroxyl groups is 1. The third-order valence-corrected chi connectivity index (χ3v) is 7.22. The number of carbonyl (C=O) groups excluding carboxylic acids is 4. The lowest BCUT2D eigenvalue weighted by Gasteiger charge is -2.30. The minimum absolute atomic E-state index is 0. The van der Waals surface area contributed by atoms with Crippen LogP contribution in [0.1, 0.15) is 40.5 Å². The number of hydrogen-bond acceptors (Lipinski definition) is 9. The number of fused-ring (bicyclic) bond motifs is 2. The van der Waals surface area contributed by atoms with Crippen LogP contribution in [0.15, 0.2) is 71.1 Å². The summed E-state index contributed by atoms with van der Waals surface area (Å²) in [5.41, 5.74) is 6.42. The summed E-state index contributed by atoms with van der Waals surface area (Å²) in [7, 11) is 2.92. The molecule has 0 aromatic rings. The zero-order valence-corrected chi connectivity index (χ0v) is 26.4. The first-order valence-electron chi connectivity index (χ1n) is 13.8. The van der Waals surface area contributed by atoms with Gasteiger partial charge >= 0.3 is 6.09 Å². The molecule has 2 aliphatic rings. The molecule has 6 atom stereocenters. The van der Waals surface area contributed by atoms with E-state index in [1.54, 1.807) is 45.1 Å². The first-order valence-corrected chi connectivity index (χ1v) is 13.8. The number of ketones is 2. The van der Waals surface area contributed by atoms with Gasteiger partial charge in [-0.2, -0.15) is 0 Å². The Morgan fingerprint density at radius 2 is 1.88 bits per heavy atom. The number of nitrogens with two attached hydrogens (primary N) is 1. The molecule has 238 valence electrons. The number of amides is 2. The molecule has 2 amide bonds. The topological polar surface area (TPSA) is 166 Å². The van der Waals surface area contributed by atoms with Crippen molar-refractivity contribution in [1.29, 1.82) is 0 Å². The smallest absolute Gasteiger partial charge is 0.405 e. The van der Waals surface area contributed by atoms with Crippen LogP contribution in [0, 0.1) is 11.8 Å². The molecule has 0 fully saturated rings. The number of rotatable bonds is 6. The van der Waals surface area contributed by atoms with E-state index in [0.717, 1.165) is 6.08 Å². The zero-order chi connectivity index (χ0) is 31.6. The predicted octanol–water partition coefficient (Wildman–Crippen LogP) is 2.96. The van der Waals surface area contributed by atoms with Crippen LogP contribution in [0.3, 0.4) is 0 Å². The minimum atomic E-state index is -1.00. The van der Waals surface area contributed by atoms with Crippen molar-refractivity contribution in [2.75, 3.05) is 20.8 Å². The van der Waals surface area contributed by atoms with Gasteiger partial charge in [-0.1, -0.05) is 44.2 Å². The van der Waals surface area contributed by atoms with Crippen LogP contribution in [-0.4, -0.2) is 73.9 Å². The molecule has 0 saturated heterocycles. The Kier molecular flexibility index (Phi) is 15.3. The van der Waals surface area contributed by atoms with Crippen LogP contribution in [0.4, 0.5) is 4.79 Å². The molecule has 43 heavy (non-hydrogen) atoms. The molecule has 2 bridgehead atoms. The zero-order valence-electron chi connectivity index (χ0n) is 25.5. The molecule has 1 aliphatic heterocycles. The Morgan fingerprint density at radius 1 is 1.21 bits per heavy atom. The number of allylic oxidation sites excluding steroid dienone is 4. The highest BCUT2D eigenvalue weighted by molar-refractivity contribution is 6.23. The molecule has 0 aromatic heterocycles. The molecule has 1 heterocycles. The Labute approximate surface area is 259 Å². The summed E-state index contributed by atoms with van der Waals surface area (Å²) < 4.78 is 16.6. The van der Waals surface area contributed by atoms with Crippen LogP contribution < -0.4 is 16.4 Å². The SMILES string of the molecule is C=CCNC1=C2C[C@@H](C)C[C@H](OC)[C@H](O)[C@@H](C)/C=C(/C)[C@H](OC(N)=O)[C@@H](OC)/C=C\C=C(\C)C(=O)NC(=CC1=O)C2=O.Cl. The Balaban J connectivity index is 0.00000924. The molecular formula is C31H44ClN3O8. The maximum atomic E-state index is 13.5. The number of halogens is 1. The van der Waals surface area contributed by atoms with Gasteiger partial charge in [0.15, 0.2) is 6.10 Å². The summed E-state index contributed by atoms with van der Waals surface area (Å²) in [4.78, 5) is 51.3. The van der Waals surface area contributed by atoms with E-state index in [4.69, 9.17) is 19.9 Å². The summed E-state index contributed by atoms with van der Waals surface area (Å²) in [6.45, 7) is 10.9. The van der Waals surface area contributed by atoms with E-state index in [0.29, 0.717) is 12.0 Å². The number of methoxy groups -OCH3 is 2. The third-order valence-electron chi connectivity index (χ3n) is 7.22. The Morgan fingerprint density at radius 3 is 2.47 bits per heavy atom. The van der Waals surface area contributed by atoms with E-state index in [1.165, 1.54) is 20.3 Å². The van der Waals surface area contributed by atoms with Crippen LogP contribution in [0.5, 0.6) is 0 Å². The van der Waals surface area contributed by atoms with Gasteiger partial charge in [-0.05, 0) is 38.2 Å².